The molecule has 0 aliphatic heterocycles. The minimum absolute atomic E-state index is 0. The maximum atomic E-state index is 3.11. The Morgan fingerprint density at radius 1 is 1.17 bits per heavy atom. The number of hydrogen-bond acceptors (Lipinski definition) is 1. The monoisotopic (exact) mass is 97.1 g/mol. The molecule has 2 heteroatoms. The molecule has 0 aliphatic rings. The van der Waals surface area contributed by atoms with E-state index in [0.29, 0.717) is 0 Å². The molecule has 0 amide bonds. The van der Waals surface area contributed by atoms with E-state index in [9.17, 15) is 0 Å². The predicted molar refractivity (Wildman–Crippen MR) is 31.4 cm³/mol. The van der Waals surface area contributed by atoms with Crippen LogP contribution in [0.2, 0.25) is 0 Å². The van der Waals surface area contributed by atoms with Crippen LogP contribution in [0, 0.1) is 0 Å². The van der Waals surface area contributed by atoms with Crippen molar-refractivity contribution in [1.29, 1.82) is 0 Å². The van der Waals surface area contributed by atoms with Crippen molar-refractivity contribution in [3.63, 3.8) is 0 Å². The van der Waals surface area contributed by atoms with Crippen molar-refractivity contribution in [3.05, 3.63) is 0 Å². The molecule has 0 heterocycles. The van der Waals surface area contributed by atoms with Gasteiger partial charge in [0.1, 0.15) is 0 Å². The second kappa shape index (κ2) is 9.35. The molecule has 0 atom stereocenters. The average Bonchev–Trinajstić information content (AvgIpc) is 1.41. The van der Waals surface area contributed by atoms with Gasteiger partial charge in [-0.05, 0) is 13.1 Å². The van der Waals surface area contributed by atoms with Crippen molar-refractivity contribution >= 4 is 29.6 Å². The molecule has 0 aromatic heterocycles. The Hall–Kier alpha value is 0.960. The van der Waals surface area contributed by atoms with Crippen molar-refractivity contribution in [1.82, 2.24) is 5.32 Å². The number of nitrogens with one attached hydrogen (secondary N) is 1. The van der Waals surface area contributed by atoms with Gasteiger partial charge in [0.15, 0.2) is 0 Å². The van der Waals surface area contributed by atoms with Crippen LogP contribution in [0.15, 0.2) is 0 Å². The van der Waals surface area contributed by atoms with E-state index in [4.69, 9.17) is 0 Å². The number of rotatable bonds is 2. The summed E-state index contributed by atoms with van der Waals surface area (Å²) in [7, 11) is 0. The molecule has 34 valence electrons. The molecule has 1 nitrogen and oxygen atoms in total. The van der Waals surface area contributed by atoms with Crippen LogP contribution >= 0.6 is 0 Å². The van der Waals surface area contributed by atoms with Gasteiger partial charge in [0.05, 0.1) is 0 Å². The molecular formula is C4H12NNa. The molecule has 0 aromatic rings. The van der Waals surface area contributed by atoms with Crippen LogP contribution in [-0.2, 0) is 0 Å². The normalized spacial score (nSPS) is 7.00. The van der Waals surface area contributed by atoms with E-state index in [-0.39, 0.29) is 29.6 Å². The molecule has 6 heavy (non-hydrogen) atoms. The summed E-state index contributed by atoms with van der Waals surface area (Å²) in [6.07, 6.45) is 0. The molecule has 0 rings (SSSR count). The van der Waals surface area contributed by atoms with Crippen LogP contribution in [0.4, 0.5) is 0 Å². The third-order valence-corrected chi connectivity index (χ3v) is 0.500. The first kappa shape index (κ1) is 10.0. The van der Waals surface area contributed by atoms with Crippen LogP contribution < -0.4 is 5.32 Å². The van der Waals surface area contributed by atoms with Crippen molar-refractivity contribution in [2.24, 2.45) is 0 Å². The molecule has 0 aliphatic carbocycles. The van der Waals surface area contributed by atoms with Crippen molar-refractivity contribution < 1.29 is 0 Å². The van der Waals surface area contributed by atoms with Gasteiger partial charge in [0.2, 0.25) is 0 Å². The Bertz CT molecular complexity index is 15.0. The van der Waals surface area contributed by atoms with Gasteiger partial charge < -0.3 is 5.32 Å². The molecule has 0 unspecified atom stereocenters. The fraction of sp³-hybridized carbons (Fsp3) is 1.00. The Labute approximate surface area is 61.8 Å². The van der Waals surface area contributed by atoms with Crippen LogP contribution in [0.25, 0.3) is 0 Å². The van der Waals surface area contributed by atoms with Crippen molar-refractivity contribution in [2.45, 2.75) is 13.8 Å². The summed E-state index contributed by atoms with van der Waals surface area (Å²) in [5.74, 6) is 0. The summed E-state index contributed by atoms with van der Waals surface area (Å²) >= 11 is 0. The third kappa shape index (κ3) is 8.88. The topological polar surface area (TPSA) is 12.0 Å². The Morgan fingerprint density at radius 2 is 1.50 bits per heavy atom. The van der Waals surface area contributed by atoms with Gasteiger partial charge in [0, 0.05) is 0 Å². The molecule has 0 radical (unpaired) electrons. The quantitative estimate of drug-likeness (QED) is 0.477. The summed E-state index contributed by atoms with van der Waals surface area (Å²) in [6, 6.07) is 0. The van der Waals surface area contributed by atoms with E-state index >= 15 is 0 Å². The standard InChI is InChI=1S/C4H11N.Na.H/c1-3-5-4-2;;/h5H,3-4H2,1-2H3;;. The van der Waals surface area contributed by atoms with Gasteiger partial charge in [-0.2, -0.15) is 0 Å². The zero-order chi connectivity index (χ0) is 4.12. The summed E-state index contributed by atoms with van der Waals surface area (Å²) in [6.45, 7) is 6.39. The Balaban J connectivity index is 0. The van der Waals surface area contributed by atoms with E-state index in [2.05, 4.69) is 19.2 Å². The summed E-state index contributed by atoms with van der Waals surface area (Å²) < 4.78 is 0. The van der Waals surface area contributed by atoms with Crippen molar-refractivity contribution in [3.8, 4) is 0 Å². The van der Waals surface area contributed by atoms with Gasteiger partial charge in [0.25, 0.3) is 0 Å². The fourth-order valence-corrected chi connectivity index (χ4v) is 0.250. The molecular weight excluding hydrogens is 85.0 g/mol. The second-order valence-corrected chi connectivity index (χ2v) is 0.957. The molecule has 0 saturated carbocycles. The van der Waals surface area contributed by atoms with E-state index < -0.39 is 0 Å². The van der Waals surface area contributed by atoms with Gasteiger partial charge in [-0.25, -0.2) is 0 Å². The van der Waals surface area contributed by atoms with E-state index in [1.165, 1.54) is 0 Å². The Morgan fingerprint density at radius 3 is 1.50 bits per heavy atom. The molecule has 0 fully saturated rings. The van der Waals surface area contributed by atoms with Gasteiger partial charge >= 0.3 is 29.6 Å². The van der Waals surface area contributed by atoms with Crippen LogP contribution in [0.3, 0.4) is 0 Å². The van der Waals surface area contributed by atoms with Crippen molar-refractivity contribution in [2.75, 3.05) is 13.1 Å². The molecule has 0 bridgehead atoms. The average molecular weight is 97.1 g/mol. The van der Waals surface area contributed by atoms with Crippen LogP contribution in [-0.4, -0.2) is 42.6 Å². The third-order valence-electron chi connectivity index (χ3n) is 0.500. The van der Waals surface area contributed by atoms with Crippen LogP contribution in [0.1, 0.15) is 13.8 Å². The second-order valence-electron chi connectivity index (χ2n) is 0.957. The van der Waals surface area contributed by atoms with Gasteiger partial charge in [-0.3, -0.25) is 0 Å². The predicted octanol–water partition coefficient (Wildman–Crippen LogP) is -0.0327. The van der Waals surface area contributed by atoms with Crippen LogP contribution in [0.5, 0.6) is 0 Å². The zero-order valence-corrected chi connectivity index (χ0v) is 3.91. The van der Waals surface area contributed by atoms with E-state index in [1.807, 2.05) is 0 Å². The zero-order valence-electron chi connectivity index (χ0n) is 3.91. The van der Waals surface area contributed by atoms with Gasteiger partial charge in [-0.15, -0.1) is 0 Å². The first-order valence-electron chi connectivity index (χ1n) is 2.12. The summed E-state index contributed by atoms with van der Waals surface area (Å²) in [5.41, 5.74) is 0. The number of hydrogen-bond donors (Lipinski definition) is 1. The van der Waals surface area contributed by atoms with Gasteiger partial charge in [-0.1, -0.05) is 13.8 Å². The SMILES string of the molecule is CCNCC.[NaH]. The van der Waals surface area contributed by atoms with E-state index in [0.717, 1.165) is 13.1 Å². The summed E-state index contributed by atoms with van der Waals surface area (Å²) in [4.78, 5) is 0. The molecule has 0 saturated heterocycles. The Kier molecular flexibility index (Phi) is 15.7. The molecule has 0 spiro atoms. The maximum absolute atomic E-state index is 3.11. The minimum atomic E-state index is 0. The first-order chi connectivity index (χ1) is 2.41. The van der Waals surface area contributed by atoms with E-state index in [1.54, 1.807) is 0 Å². The molecule has 0 aromatic carbocycles. The fourth-order valence-electron chi connectivity index (χ4n) is 0.250. The first-order valence-corrected chi connectivity index (χ1v) is 2.12. The molecule has 1 N–H and O–H groups in total. The summed E-state index contributed by atoms with van der Waals surface area (Å²) in [5, 5.41) is 3.11.